The number of hydrogen-bond acceptors (Lipinski definition) is 5. The van der Waals surface area contributed by atoms with Gasteiger partial charge in [0.15, 0.2) is 5.96 Å². The van der Waals surface area contributed by atoms with Crippen molar-refractivity contribution < 1.29 is 9.59 Å². The Morgan fingerprint density at radius 2 is 1.77 bits per heavy atom. The molecule has 2 heterocycles. The Morgan fingerprint density at radius 3 is 2.33 bits per heavy atom. The van der Waals surface area contributed by atoms with E-state index in [2.05, 4.69) is 27.5 Å². The van der Waals surface area contributed by atoms with Gasteiger partial charge in [-0.05, 0) is 45.7 Å². The zero-order valence-corrected chi connectivity index (χ0v) is 20.7. The standard InChI is InChI=1S/C21H27N5O2S.HI/c1-4-22-21(24-13-18-25-14(2)15(3)29-18)23-11-7-8-12-26-19(27)16-9-5-6-10-17(16)20(26)28;/h5-6,9-10H,4,7-8,11-13H2,1-3H3,(H2,22,23,24);1H. The maximum Gasteiger partial charge on any atom is 0.261 e. The normalized spacial score (nSPS) is 13.3. The lowest BCUT2D eigenvalue weighted by Crippen LogP contribution is -2.38. The Balaban J connectivity index is 0.00000320. The molecule has 1 aromatic heterocycles. The average Bonchev–Trinajstić information content (AvgIpc) is 3.16. The summed E-state index contributed by atoms with van der Waals surface area (Å²) in [6.45, 7) is 8.57. The van der Waals surface area contributed by atoms with Crippen LogP contribution in [0.4, 0.5) is 0 Å². The molecule has 2 aromatic rings. The number of fused-ring (bicyclic) bond motifs is 1. The molecule has 0 saturated heterocycles. The summed E-state index contributed by atoms with van der Waals surface area (Å²) in [5, 5.41) is 7.54. The third-order valence-corrected chi connectivity index (χ3v) is 5.83. The van der Waals surface area contributed by atoms with Crippen LogP contribution >= 0.6 is 35.3 Å². The summed E-state index contributed by atoms with van der Waals surface area (Å²) in [6, 6.07) is 6.99. The lowest BCUT2D eigenvalue weighted by molar-refractivity contribution is 0.0652. The minimum atomic E-state index is -0.192. The van der Waals surface area contributed by atoms with Gasteiger partial charge in [-0.15, -0.1) is 35.3 Å². The predicted octanol–water partition coefficient (Wildman–Crippen LogP) is 3.51. The second-order valence-electron chi connectivity index (χ2n) is 6.89. The first-order chi connectivity index (χ1) is 14.0. The Kier molecular flexibility index (Phi) is 9.22. The number of aryl methyl sites for hydroxylation is 2. The minimum absolute atomic E-state index is 0. The van der Waals surface area contributed by atoms with Gasteiger partial charge in [0.1, 0.15) is 5.01 Å². The van der Waals surface area contributed by atoms with Gasteiger partial charge >= 0.3 is 0 Å². The van der Waals surface area contributed by atoms with Crippen LogP contribution in [0.2, 0.25) is 0 Å². The molecule has 0 fully saturated rings. The Labute approximate surface area is 198 Å². The van der Waals surface area contributed by atoms with Crippen molar-refractivity contribution in [3.05, 3.63) is 51.0 Å². The molecule has 162 valence electrons. The van der Waals surface area contributed by atoms with Crippen molar-refractivity contribution in [3.63, 3.8) is 0 Å². The SMILES string of the molecule is CCNC(=NCc1nc(C)c(C)s1)NCCCCN1C(=O)c2ccccc2C1=O.I. The lowest BCUT2D eigenvalue weighted by Gasteiger charge is -2.14. The molecule has 0 radical (unpaired) electrons. The molecule has 7 nitrogen and oxygen atoms in total. The van der Waals surface area contributed by atoms with Crippen molar-refractivity contribution in [1.29, 1.82) is 0 Å². The van der Waals surface area contributed by atoms with E-state index in [0.29, 0.717) is 30.8 Å². The maximum absolute atomic E-state index is 12.4. The fourth-order valence-corrected chi connectivity index (χ4v) is 4.00. The van der Waals surface area contributed by atoms with Crippen LogP contribution in [0.15, 0.2) is 29.3 Å². The summed E-state index contributed by atoms with van der Waals surface area (Å²) in [6.07, 6.45) is 1.57. The molecule has 9 heteroatoms. The van der Waals surface area contributed by atoms with Crippen molar-refractivity contribution in [2.45, 2.75) is 40.2 Å². The molecule has 0 unspecified atom stereocenters. The summed E-state index contributed by atoms with van der Waals surface area (Å²) < 4.78 is 0. The van der Waals surface area contributed by atoms with Gasteiger partial charge in [-0.1, -0.05) is 12.1 Å². The highest BCUT2D eigenvalue weighted by Crippen LogP contribution is 2.22. The first-order valence-electron chi connectivity index (χ1n) is 9.91. The van der Waals surface area contributed by atoms with E-state index in [-0.39, 0.29) is 35.8 Å². The number of carbonyl (C=O) groups is 2. The summed E-state index contributed by atoms with van der Waals surface area (Å²) in [5.74, 6) is 0.365. The number of imide groups is 1. The third kappa shape index (κ3) is 5.78. The summed E-state index contributed by atoms with van der Waals surface area (Å²) >= 11 is 1.67. The van der Waals surface area contributed by atoms with Crippen molar-refractivity contribution in [3.8, 4) is 0 Å². The predicted molar refractivity (Wildman–Crippen MR) is 131 cm³/mol. The van der Waals surface area contributed by atoms with Gasteiger partial charge in [-0.25, -0.2) is 9.98 Å². The Bertz CT molecular complexity index is 873. The molecule has 1 aliphatic heterocycles. The van der Waals surface area contributed by atoms with Crippen molar-refractivity contribution in [2.75, 3.05) is 19.6 Å². The lowest BCUT2D eigenvalue weighted by atomic mass is 10.1. The highest BCUT2D eigenvalue weighted by molar-refractivity contribution is 14.0. The van der Waals surface area contributed by atoms with E-state index in [1.165, 1.54) is 9.78 Å². The number of aromatic nitrogens is 1. The number of nitrogens with zero attached hydrogens (tertiary/aromatic N) is 3. The monoisotopic (exact) mass is 541 g/mol. The van der Waals surface area contributed by atoms with E-state index < -0.39 is 0 Å². The number of halogens is 1. The second kappa shape index (κ2) is 11.4. The number of rotatable bonds is 8. The molecule has 1 aliphatic rings. The summed E-state index contributed by atoms with van der Waals surface area (Å²) in [5.41, 5.74) is 2.07. The van der Waals surface area contributed by atoms with Crippen molar-refractivity contribution >= 4 is 53.1 Å². The van der Waals surface area contributed by atoms with Gasteiger partial charge in [0, 0.05) is 24.5 Å². The zero-order valence-electron chi connectivity index (χ0n) is 17.5. The highest BCUT2D eigenvalue weighted by Gasteiger charge is 2.34. The number of amides is 2. The average molecular weight is 541 g/mol. The van der Waals surface area contributed by atoms with Crippen LogP contribution in [0.1, 0.15) is 56.1 Å². The van der Waals surface area contributed by atoms with Gasteiger partial charge in [0.2, 0.25) is 0 Å². The van der Waals surface area contributed by atoms with Crippen molar-refractivity contribution in [2.24, 2.45) is 4.99 Å². The number of benzene rings is 1. The van der Waals surface area contributed by atoms with Crippen LogP contribution < -0.4 is 10.6 Å². The molecule has 0 aliphatic carbocycles. The van der Waals surface area contributed by atoms with E-state index in [9.17, 15) is 9.59 Å². The Hall–Kier alpha value is -2.01. The number of nitrogens with one attached hydrogen (secondary N) is 2. The second-order valence-corrected chi connectivity index (χ2v) is 8.17. The Morgan fingerprint density at radius 1 is 1.10 bits per heavy atom. The number of guanidine groups is 1. The smallest absolute Gasteiger partial charge is 0.261 e. The molecular formula is C21H28IN5O2S. The minimum Gasteiger partial charge on any atom is -0.357 e. The van der Waals surface area contributed by atoms with Crippen LogP contribution in [0.3, 0.4) is 0 Å². The molecule has 0 atom stereocenters. The number of hydrogen-bond donors (Lipinski definition) is 2. The number of aliphatic imine (C=N–C) groups is 1. The van der Waals surface area contributed by atoms with E-state index in [0.717, 1.165) is 36.0 Å². The maximum atomic E-state index is 12.4. The molecule has 0 saturated carbocycles. The van der Waals surface area contributed by atoms with Crippen LogP contribution in [0.25, 0.3) is 0 Å². The van der Waals surface area contributed by atoms with Crippen LogP contribution in [0.5, 0.6) is 0 Å². The molecule has 2 amide bonds. The summed E-state index contributed by atoms with van der Waals surface area (Å²) in [7, 11) is 0. The summed E-state index contributed by atoms with van der Waals surface area (Å²) in [4.78, 5) is 36.4. The molecule has 30 heavy (non-hydrogen) atoms. The quantitative estimate of drug-likeness (QED) is 0.176. The largest absolute Gasteiger partial charge is 0.357 e. The zero-order chi connectivity index (χ0) is 20.8. The fraction of sp³-hybridized carbons (Fsp3) is 0.429. The van der Waals surface area contributed by atoms with Crippen molar-refractivity contribution in [1.82, 2.24) is 20.5 Å². The molecule has 3 rings (SSSR count). The van der Waals surface area contributed by atoms with Gasteiger partial charge in [-0.2, -0.15) is 0 Å². The third-order valence-electron chi connectivity index (χ3n) is 4.77. The van der Waals surface area contributed by atoms with Crippen LogP contribution in [-0.4, -0.2) is 47.3 Å². The number of thiazole rings is 1. The fourth-order valence-electron chi connectivity index (χ4n) is 3.14. The molecule has 2 N–H and O–H groups in total. The molecule has 0 bridgehead atoms. The van der Waals surface area contributed by atoms with E-state index in [1.54, 1.807) is 35.6 Å². The molecular weight excluding hydrogens is 513 g/mol. The van der Waals surface area contributed by atoms with Crippen LogP contribution in [0, 0.1) is 13.8 Å². The van der Waals surface area contributed by atoms with Gasteiger partial charge in [-0.3, -0.25) is 14.5 Å². The number of unbranched alkanes of at least 4 members (excludes halogenated alkanes) is 1. The first kappa shape index (κ1) is 24.3. The van der Waals surface area contributed by atoms with Crippen LogP contribution in [-0.2, 0) is 6.54 Å². The van der Waals surface area contributed by atoms with Gasteiger partial charge in [0.05, 0.1) is 23.4 Å². The number of carbonyl (C=O) groups excluding carboxylic acids is 2. The molecule has 0 spiro atoms. The highest BCUT2D eigenvalue weighted by atomic mass is 127. The van der Waals surface area contributed by atoms with E-state index in [1.807, 2.05) is 13.8 Å². The van der Waals surface area contributed by atoms with E-state index in [4.69, 9.17) is 0 Å². The van der Waals surface area contributed by atoms with Gasteiger partial charge in [0.25, 0.3) is 11.8 Å². The topological polar surface area (TPSA) is 86.7 Å². The first-order valence-corrected chi connectivity index (χ1v) is 10.7. The van der Waals surface area contributed by atoms with E-state index >= 15 is 0 Å². The molecule has 1 aromatic carbocycles. The van der Waals surface area contributed by atoms with Gasteiger partial charge < -0.3 is 10.6 Å².